The molecule has 1 amide bonds. The zero-order chi connectivity index (χ0) is 28.2. The van der Waals surface area contributed by atoms with Crippen LogP contribution in [0.15, 0.2) is 30.7 Å². The minimum Gasteiger partial charge on any atom is -0.479 e. The molecule has 0 aliphatic carbocycles. The zero-order valence-electron chi connectivity index (χ0n) is 21.5. The van der Waals surface area contributed by atoms with Crippen molar-refractivity contribution in [1.29, 1.82) is 0 Å². The van der Waals surface area contributed by atoms with Gasteiger partial charge in [0.1, 0.15) is 12.2 Å². The molecule has 1 aliphatic rings. The van der Waals surface area contributed by atoms with E-state index in [4.69, 9.17) is 9.72 Å². The Balaban J connectivity index is 1.76. The lowest BCUT2D eigenvalue weighted by Crippen LogP contribution is -2.39. The van der Waals surface area contributed by atoms with E-state index in [-0.39, 0.29) is 17.3 Å². The van der Waals surface area contributed by atoms with Gasteiger partial charge in [-0.1, -0.05) is 0 Å². The Bertz CT molecular complexity index is 1520. The van der Waals surface area contributed by atoms with Crippen molar-refractivity contribution < 1.29 is 31.1 Å². The summed E-state index contributed by atoms with van der Waals surface area (Å²) in [5, 5.41) is 3.77. The summed E-state index contributed by atoms with van der Waals surface area (Å²) < 4.78 is 72.6. The molecule has 1 aliphatic heterocycles. The minimum atomic E-state index is -4.46. The van der Waals surface area contributed by atoms with Crippen LogP contribution < -0.4 is 14.4 Å². The number of methoxy groups -OCH3 is 1. The van der Waals surface area contributed by atoms with Crippen molar-refractivity contribution in [3.05, 3.63) is 47.5 Å². The second-order valence-electron chi connectivity index (χ2n) is 9.43. The van der Waals surface area contributed by atoms with Crippen molar-refractivity contribution in [2.24, 2.45) is 0 Å². The van der Waals surface area contributed by atoms with Gasteiger partial charge in [0, 0.05) is 32.1 Å². The van der Waals surface area contributed by atoms with Crippen molar-refractivity contribution >= 4 is 27.5 Å². The first kappa shape index (κ1) is 27.3. The van der Waals surface area contributed by atoms with Gasteiger partial charge in [0.2, 0.25) is 5.88 Å². The number of anilines is 2. The van der Waals surface area contributed by atoms with Crippen LogP contribution in [-0.4, -0.2) is 65.8 Å². The van der Waals surface area contributed by atoms with Gasteiger partial charge in [-0.15, -0.1) is 0 Å². The Labute approximate surface area is 217 Å². The number of alkyl halides is 3. The molecule has 0 saturated heterocycles. The Morgan fingerprint density at radius 3 is 2.47 bits per heavy atom. The standard InChI is InChI=1S/C23H26F3N7O4S/c1-13-7-16(14-8-17(20(37-6)27-9-14)30-38(35,36)31(4)5)29-19-18(13)21(34)33(22(19,2)3)15-10-28-32(11-15)12-23(24,25)26/h7-11,30H,12H2,1-6H3. The third kappa shape index (κ3) is 4.90. The van der Waals surface area contributed by atoms with E-state index in [2.05, 4.69) is 14.8 Å². The van der Waals surface area contributed by atoms with Gasteiger partial charge in [-0.05, 0) is 38.5 Å². The fraction of sp³-hybridized carbons (Fsp3) is 0.391. The van der Waals surface area contributed by atoms with E-state index in [9.17, 15) is 26.4 Å². The Kier molecular flexibility index (Phi) is 6.64. The highest BCUT2D eigenvalue weighted by atomic mass is 32.2. The quantitative estimate of drug-likeness (QED) is 0.476. The molecule has 15 heteroatoms. The summed E-state index contributed by atoms with van der Waals surface area (Å²) >= 11 is 0. The Hall–Kier alpha value is -3.72. The second kappa shape index (κ2) is 9.23. The number of ether oxygens (including phenoxy) is 1. The highest BCUT2D eigenvalue weighted by Gasteiger charge is 2.47. The van der Waals surface area contributed by atoms with E-state index in [1.807, 2.05) is 0 Å². The third-order valence-corrected chi connectivity index (χ3v) is 7.49. The molecule has 4 rings (SSSR count). The van der Waals surface area contributed by atoms with Crippen LogP contribution in [0.5, 0.6) is 5.88 Å². The van der Waals surface area contributed by atoms with Gasteiger partial charge in [0.25, 0.3) is 5.91 Å². The summed E-state index contributed by atoms with van der Waals surface area (Å²) in [6.07, 6.45) is -0.616. The van der Waals surface area contributed by atoms with Crippen molar-refractivity contribution in [2.75, 3.05) is 30.8 Å². The number of pyridine rings is 2. The average molecular weight is 554 g/mol. The predicted octanol–water partition coefficient (Wildman–Crippen LogP) is 3.33. The van der Waals surface area contributed by atoms with Gasteiger partial charge < -0.3 is 4.74 Å². The molecule has 0 spiro atoms. The number of halogens is 3. The molecule has 1 N–H and O–H groups in total. The summed E-state index contributed by atoms with van der Waals surface area (Å²) in [5.74, 6) is -0.366. The number of rotatable bonds is 7. The first-order valence-electron chi connectivity index (χ1n) is 11.3. The number of hydrogen-bond donors (Lipinski definition) is 1. The Morgan fingerprint density at radius 2 is 1.87 bits per heavy atom. The SMILES string of the molecule is COc1ncc(-c2cc(C)c3c(n2)C(C)(C)N(c2cnn(CC(F)(F)F)c2)C3=O)cc1NS(=O)(=O)N(C)C. The first-order valence-corrected chi connectivity index (χ1v) is 12.7. The number of nitrogens with zero attached hydrogens (tertiary/aromatic N) is 6. The van der Waals surface area contributed by atoms with Gasteiger partial charge in [-0.3, -0.25) is 19.1 Å². The topological polar surface area (TPSA) is 123 Å². The van der Waals surface area contributed by atoms with Gasteiger partial charge in [0.05, 0.1) is 41.5 Å². The lowest BCUT2D eigenvalue weighted by atomic mass is 9.96. The maximum Gasteiger partial charge on any atom is 0.408 e. The maximum atomic E-state index is 13.5. The van der Waals surface area contributed by atoms with Crippen LogP contribution in [0.25, 0.3) is 11.3 Å². The number of carbonyl (C=O) groups excluding carboxylic acids is 1. The summed E-state index contributed by atoms with van der Waals surface area (Å²) in [7, 11) is 0.234. The second-order valence-corrected chi connectivity index (χ2v) is 11.3. The number of hydrogen-bond acceptors (Lipinski definition) is 7. The van der Waals surface area contributed by atoms with E-state index in [0.29, 0.717) is 28.1 Å². The number of aromatic nitrogens is 4. The van der Waals surface area contributed by atoms with Gasteiger partial charge in [-0.25, -0.2) is 9.97 Å². The average Bonchev–Trinajstić information content (AvgIpc) is 3.31. The fourth-order valence-corrected chi connectivity index (χ4v) is 4.85. The van der Waals surface area contributed by atoms with Crippen LogP contribution in [0.1, 0.15) is 35.5 Å². The van der Waals surface area contributed by atoms with Crippen LogP contribution in [0, 0.1) is 6.92 Å². The van der Waals surface area contributed by atoms with E-state index in [0.717, 1.165) is 8.99 Å². The highest BCUT2D eigenvalue weighted by molar-refractivity contribution is 7.90. The van der Waals surface area contributed by atoms with Crippen molar-refractivity contribution in [3.8, 4) is 17.1 Å². The van der Waals surface area contributed by atoms with Crippen LogP contribution in [0.3, 0.4) is 0 Å². The van der Waals surface area contributed by atoms with E-state index in [1.165, 1.54) is 50.8 Å². The lowest BCUT2D eigenvalue weighted by Gasteiger charge is -2.30. The summed E-state index contributed by atoms with van der Waals surface area (Å²) in [4.78, 5) is 23.7. The monoisotopic (exact) mass is 553 g/mol. The molecule has 0 saturated carbocycles. The predicted molar refractivity (Wildman–Crippen MR) is 133 cm³/mol. The number of amides is 1. The lowest BCUT2D eigenvalue weighted by molar-refractivity contribution is -0.142. The van der Waals surface area contributed by atoms with Crippen LogP contribution in [0.2, 0.25) is 0 Å². The van der Waals surface area contributed by atoms with Crippen LogP contribution >= 0.6 is 0 Å². The molecule has 0 unspecified atom stereocenters. The number of carbonyl (C=O) groups is 1. The maximum absolute atomic E-state index is 13.5. The fourth-order valence-electron chi connectivity index (χ4n) is 4.24. The number of nitrogens with one attached hydrogen (secondary N) is 1. The van der Waals surface area contributed by atoms with Crippen LogP contribution in [0.4, 0.5) is 24.5 Å². The summed E-state index contributed by atoms with van der Waals surface area (Å²) in [5.41, 5.74) is 1.45. The molecule has 11 nitrogen and oxygen atoms in total. The molecule has 38 heavy (non-hydrogen) atoms. The molecule has 0 bridgehead atoms. The molecular formula is C23H26F3N7O4S. The first-order chi connectivity index (χ1) is 17.5. The number of fused-ring (bicyclic) bond motifs is 1. The van der Waals surface area contributed by atoms with Gasteiger partial charge in [-0.2, -0.15) is 31.0 Å². The molecule has 204 valence electrons. The molecule has 0 aromatic carbocycles. The molecule has 3 aromatic rings. The van der Waals surface area contributed by atoms with Crippen molar-refractivity contribution in [3.63, 3.8) is 0 Å². The minimum absolute atomic E-state index is 0.0506. The van der Waals surface area contributed by atoms with Gasteiger partial charge >= 0.3 is 16.4 Å². The molecule has 4 heterocycles. The molecule has 0 radical (unpaired) electrons. The Morgan fingerprint density at radius 1 is 1.18 bits per heavy atom. The summed E-state index contributed by atoms with van der Waals surface area (Å²) in [6, 6.07) is 3.18. The van der Waals surface area contributed by atoms with E-state index in [1.54, 1.807) is 26.8 Å². The summed E-state index contributed by atoms with van der Waals surface area (Å²) in [6.45, 7) is 3.91. The third-order valence-electron chi connectivity index (χ3n) is 6.05. The van der Waals surface area contributed by atoms with Crippen molar-refractivity contribution in [2.45, 2.75) is 39.0 Å². The van der Waals surface area contributed by atoms with E-state index >= 15 is 0 Å². The molecule has 3 aromatic heterocycles. The van der Waals surface area contributed by atoms with E-state index < -0.39 is 34.4 Å². The zero-order valence-corrected chi connectivity index (χ0v) is 22.3. The van der Waals surface area contributed by atoms with Crippen LogP contribution in [-0.2, 0) is 22.3 Å². The number of aryl methyl sites for hydroxylation is 1. The molecule has 0 fully saturated rings. The molecule has 0 atom stereocenters. The largest absolute Gasteiger partial charge is 0.479 e. The molecular weight excluding hydrogens is 527 g/mol. The van der Waals surface area contributed by atoms with Crippen molar-refractivity contribution in [1.82, 2.24) is 24.1 Å². The normalized spacial score (nSPS) is 15.2. The highest BCUT2D eigenvalue weighted by Crippen LogP contribution is 2.43. The smallest absolute Gasteiger partial charge is 0.408 e. The van der Waals surface area contributed by atoms with Gasteiger partial charge in [0.15, 0.2) is 0 Å².